The summed E-state index contributed by atoms with van der Waals surface area (Å²) in [5.74, 6) is -0.243. The smallest absolute Gasteiger partial charge is 0.244 e. The molecule has 0 bridgehead atoms. The molecule has 1 atom stereocenters. The molecule has 1 aromatic heterocycles. The quantitative estimate of drug-likeness (QED) is 0.725. The highest BCUT2D eigenvalue weighted by molar-refractivity contribution is 6.31. The molecule has 1 aromatic rings. The molecular formula is C15H24ClN3O2. The van der Waals surface area contributed by atoms with Crippen molar-refractivity contribution < 1.29 is 9.90 Å². The van der Waals surface area contributed by atoms with Crippen LogP contribution >= 0.6 is 11.6 Å². The fraction of sp³-hybridized carbons (Fsp3) is 0.600. The minimum absolute atomic E-state index is 0.0647. The van der Waals surface area contributed by atoms with E-state index < -0.39 is 0 Å². The highest BCUT2D eigenvalue weighted by Gasteiger charge is 2.11. The third-order valence-corrected chi connectivity index (χ3v) is 3.69. The first kappa shape index (κ1) is 17.7. The van der Waals surface area contributed by atoms with Crippen molar-refractivity contribution in [3.63, 3.8) is 0 Å². The Hall–Kier alpha value is -1.33. The van der Waals surface area contributed by atoms with Crippen molar-refractivity contribution in [2.45, 2.75) is 52.6 Å². The molecule has 0 aliphatic rings. The summed E-state index contributed by atoms with van der Waals surface area (Å²) in [5.41, 5.74) is 1.56. The summed E-state index contributed by atoms with van der Waals surface area (Å²) in [5, 5.41) is 16.7. The van der Waals surface area contributed by atoms with E-state index in [4.69, 9.17) is 16.7 Å². The summed E-state index contributed by atoms with van der Waals surface area (Å²) in [6.07, 6.45) is 5.87. The second-order valence-electron chi connectivity index (χ2n) is 5.00. The second kappa shape index (κ2) is 8.85. The molecule has 0 aromatic carbocycles. The van der Waals surface area contributed by atoms with E-state index in [9.17, 15) is 4.79 Å². The molecule has 2 N–H and O–H groups in total. The predicted molar refractivity (Wildman–Crippen MR) is 85.2 cm³/mol. The lowest BCUT2D eigenvalue weighted by Gasteiger charge is -2.11. The molecule has 0 spiro atoms. The van der Waals surface area contributed by atoms with Crippen molar-refractivity contribution in [1.82, 2.24) is 15.1 Å². The fourth-order valence-corrected chi connectivity index (χ4v) is 2.22. The molecule has 0 fully saturated rings. The Morgan fingerprint density at radius 3 is 2.81 bits per heavy atom. The van der Waals surface area contributed by atoms with Crippen LogP contribution in [0.3, 0.4) is 0 Å². The number of carbonyl (C=O) groups excluding carboxylic acids is 1. The first-order chi connectivity index (χ1) is 10.0. The van der Waals surface area contributed by atoms with Gasteiger partial charge in [-0.1, -0.05) is 31.9 Å². The van der Waals surface area contributed by atoms with Crippen molar-refractivity contribution in [1.29, 1.82) is 0 Å². The Kier molecular flexibility index (Phi) is 7.47. The van der Waals surface area contributed by atoms with Gasteiger partial charge >= 0.3 is 0 Å². The zero-order valence-corrected chi connectivity index (χ0v) is 13.7. The number of nitrogens with one attached hydrogen (secondary N) is 1. The number of carbonyl (C=O) groups is 1. The third-order valence-electron chi connectivity index (χ3n) is 3.29. The van der Waals surface area contributed by atoms with Crippen LogP contribution in [0.5, 0.6) is 0 Å². The van der Waals surface area contributed by atoms with Gasteiger partial charge in [-0.2, -0.15) is 5.10 Å². The molecule has 21 heavy (non-hydrogen) atoms. The molecule has 1 rings (SSSR count). The molecule has 0 aliphatic carbocycles. The Balaban J connectivity index is 2.75. The van der Waals surface area contributed by atoms with Crippen molar-refractivity contribution in [3.05, 3.63) is 22.5 Å². The van der Waals surface area contributed by atoms with Gasteiger partial charge in [0.25, 0.3) is 0 Å². The van der Waals surface area contributed by atoms with Gasteiger partial charge in [-0.25, -0.2) is 0 Å². The topological polar surface area (TPSA) is 67.2 Å². The number of aliphatic hydroxyl groups excluding tert-OH is 1. The Labute approximate surface area is 131 Å². The number of aryl methyl sites for hydroxylation is 2. The molecule has 0 radical (unpaired) electrons. The van der Waals surface area contributed by atoms with Crippen molar-refractivity contribution in [2.24, 2.45) is 0 Å². The van der Waals surface area contributed by atoms with Gasteiger partial charge in [-0.15, -0.1) is 0 Å². The van der Waals surface area contributed by atoms with E-state index in [0.717, 1.165) is 30.6 Å². The monoisotopic (exact) mass is 313 g/mol. The second-order valence-corrected chi connectivity index (χ2v) is 5.35. The van der Waals surface area contributed by atoms with Crippen LogP contribution in [0.2, 0.25) is 5.15 Å². The lowest BCUT2D eigenvalue weighted by molar-refractivity contribution is -0.117. The van der Waals surface area contributed by atoms with Crippen LogP contribution in [0.25, 0.3) is 6.08 Å². The lowest BCUT2D eigenvalue weighted by Crippen LogP contribution is -2.35. The summed E-state index contributed by atoms with van der Waals surface area (Å²) in [6, 6.07) is -0.217. The van der Waals surface area contributed by atoms with Crippen molar-refractivity contribution in [3.8, 4) is 0 Å². The number of halogens is 1. The van der Waals surface area contributed by atoms with Crippen molar-refractivity contribution >= 4 is 23.6 Å². The molecule has 0 aliphatic heterocycles. The van der Waals surface area contributed by atoms with E-state index in [-0.39, 0.29) is 18.6 Å². The zero-order chi connectivity index (χ0) is 15.8. The summed E-state index contributed by atoms with van der Waals surface area (Å²) in [7, 11) is 0. The van der Waals surface area contributed by atoms with E-state index in [1.54, 1.807) is 10.8 Å². The molecule has 1 unspecified atom stereocenters. The number of hydrogen-bond acceptors (Lipinski definition) is 3. The maximum atomic E-state index is 11.8. The van der Waals surface area contributed by atoms with Crippen molar-refractivity contribution in [2.75, 3.05) is 6.61 Å². The van der Waals surface area contributed by atoms with Gasteiger partial charge in [0, 0.05) is 18.2 Å². The summed E-state index contributed by atoms with van der Waals surface area (Å²) < 4.78 is 1.76. The maximum Gasteiger partial charge on any atom is 0.244 e. The zero-order valence-electron chi connectivity index (χ0n) is 12.9. The van der Waals surface area contributed by atoms with E-state index >= 15 is 0 Å². The van der Waals surface area contributed by atoms with E-state index in [1.807, 2.05) is 13.8 Å². The summed E-state index contributed by atoms with van der Waals surface area (Å²) >= 11 is 6.29. The number of amides is 1. The lowest BCUT2D eigenvalue weighted by atomic mass is 10.2. The molecule has 0 saturated heterocycles. The van der Waals surface area contributed by atoms with Gasteiger partial charge in [0.05, 0.1) is 18.3 Å². The summed E-state index contributed by atoms with van der Waals surface area (Å²) in [6.45, 7) is 6.60. The molecule has 0 saturated carbocycles. The predicted octanol–water partition coefficient (Wildman–Crippen LogP) is 2.55. The van der Waals surface area contributed by atoms with Gasteiger partial charge in [-0.05, 0) is 25.8 Å². The largest absolute Gasteiger partial charge is 0.394 e. The van der Waals surface area contributed by atoms with Crippen LogP contribution in [0.4, 0.5) is 0 Å². The number of nitrogens with zero attached hydrogens (tertiary/aromatic N) is 2. The Morgan fingerprint density at radius 2 is 2.24 bits per heavy atom. The van der Waals surface area contributed by atoms with Gasteiger partial charge in [0.1, 0.15) is 5.15 Å². The average molecular weight is 314 g/mol. The fourth-order valence-electron chi connectivity index (χ4n) is 1.90. The highest BCUT2D eigenvalue weighted by Crippen LogP contribution is 2.21. The normalized spacial score (nSPS) is 12.8. The van der Waals surface area contributed by atoms with Crippen LogP contribution in [0, 0.1) is 6.92 Å². The number of aliphatic hydroxyl groups is 1. The summed E-state index contributed by atoms with van der Waals surface area (Å²) in [4.78, 5) is 11.8. The molecule has 118 valence electrons. The molecule has 5 nitrogen and oxygen atoms in total. The Morgan fingerprint density at radius 1 is 1.52 bits per heavy atom. The maximum absolute atomic E-state index is 11.8. The molecular weight excluding hydrogens is 290 g/mol. The SMILES string of the molecule is CCCCn1nc(C)c(/C=C/C(=O)NC(CC)CO)c1Cl. The van der Waals surface area contributed by atoms with Gasteiger partial charge < -0.3 is 10.4 Å². The Bertz CT molecular complexity index is 493. The first-order valence-electron chi connectivity index (χ1n) is 7.35. The van der Waals surface area contributed by atoms with Crippen LogP contribution in [-0.2, 0) is 11.3 Å². The third kappa shape index (κ3) is 5.17. The van der Waals surface area contributed by atoms with Gasteiger partial charge in [0.2, 0.25) is 5.91 Å². The minimum atomic E-state index is -0.243. The number of rotatable bonds is 8. The minimum Gasteiger partial charge on any atom is -0.394 e. The number of hydrogen-bond donors (Lipinski definition) is 2. The van der Waals surface area contributed by atoms with E-state index in [1.165, 1.54) is 6.08 Å². The standard InChI is InChI=1S/C15H24ClN3O2/c1-4-6-9-19-15(16)13(11(3)18-19)7-8-14(21)17-12(5-2)10-20/h7-8,12,20H,4-6,9-10H2,1-3H3,(H,17,21)/b8-7+. The molecule has 1 amide bonds. The first-order valence-corrected chi connectivity index (χ1v) is 7.73. The van der Waals surface area contributed by atoms with E-state index in [0.29, 0.717) is 11.6 Å². The highest BCUT2D eigenvalue weighted by atomic mass is 35.5. The van der Waals surface area contributed by atoms with Gasteiger partial charge in [0.15, 0.2) is 0 Å². The molecule has 6 heteroatoms. The van der Waals surface area contributed by atoms with Crippen LogP contribution in [0.15, 0.2) is 6.08 Å². The van der Waals surface area contributed by atoms with Crippen LogP contribution < -0.4 is 5.32 Å². The number of aromatic nitrogens is 2. The number of unbranched alkanes of at least 4 members (excludes halogenated alkanes) is 1. The van der Waals surface area contributed by atoms with Crippen LogP contribution in [0.1, 0.15) is 44.4 Å². The molecule has 1 heterocycles. The van der Waals surface area contributed by atoms with E-state index in [2.05, 4.69) is 17.3 Å². The van der Waals surface area contributed by atoms with Gasteiger partial charge in [-0.3, -0.25) is 9.48 Å². The average Bonchev–Trinajstić information content (AvgIpc) is 2.74. The van der Waals surface area contributed by atoms with Crippen LogP contribution in [-0.4, -0.2) is 33.4 Å².